The highest BCUT2D eigenvalue weighted by atomic mass is 32.1. The van der Waals surface area contributed by atoms with Crippen LogP contribution >= 0.6 is 18.9 Å². The molecule has 0 saturated carbocycles. The van der Waals surface area contributed by atoms with E-state index in [-0.39, 0.29) is 87.2 Å². The third-order valence-corrected chi connectivity index (χ3v) is 18.0. The number of hydrogen-bond donors (Lipinski definition) is 8. The standard InChI is InChI=1S/C61H73N8O12PS/c1-34(38-15-17-40(18-16-38)55-35(2)63-33-83-55)64-57(74)50-29-45(70)31-69(50)59(76)56(61(3,4)5)67-53(73)23-13-36-8-6-11-46(24-36)81-32-44(20-22-52(62)72)65-58(75)49-28-41-10-7-9-39-14-12-37(30-68(49)54(39)41)25-51(71)48-27-43-26-42(19-21-47(43)66-48)60(77)82(78,79)80/h6-11,15-19,21,24,26,33-34,37,44-45,48-50,56,66,70H,12-14,20,22-23,25,27-32H2,1-5H3,(H2,62,72)(H,64,74)(H,65,75)(H,67,73)(H2,78,79,80)/t34-,37+,44-,45+,48?,49-,50-,56+/m0/s1. The van der Waals surface area contributed by atoms with E-state index >= 15 is 0 Å². The van der Waals surface area contributed by atoms with Crippen molar-refractivity contribution in [1.29, 1.82) is 0 Å². The number of likely N-dealkylation sites (tertiary alicyclic amines) is 1. The van der Waals surface area contributed by atoms with Crippen molar-refractivity contribution in [2.45, 2.75) is 141 Å². The fraction of sp³-hybridized carbons (Fsp3) is 0.443. The van der Waals surface area contributed by atoms with Crippen molar-refractivity contribution >= 4 is 71.2 Å². The number of aromatic nitrogens is 1. The average molecular weight is 1170 g/mol. The van der Waals surface area contributed by atoms with E-state index in [1.54, 1.807) is 41.1 Å². The average Bonchev–Trinajstić information content (AvgIpc) is 3.17. The maximum absolute atomic E-state index is 14.5. The zero-order chi connectivity index (χ0) is 59.5. The summed E-state index contributed by atoms with van der Waals surface area (Å²) in [5.74, 6) is -1.77. The van der Waals surface area contributed by atoms with Crippen molar-refractivity contribution < 1.29 is 57.8 Å². The molecule has 9 rings (SSSR count). The first-order valence-electron chi connectivity index (χ1n) is 28.2. The number of rotatable bonds is 22. The summed E-state index contributed by atoms with van der Waals surface area (Å²) in [7, 11) is -4.99. The Balaban J connectivity index is 0.789. The van der Waals surface area contributed by atoms with E-state index in [2.05, 4.69) is 31.2 Å². The van der Waals surface area contributed by atoms with Crippen LogP contribution < -0.4 is 36.6 Å². The number of hydrogen-bond acceptors (Lipinski definition) is 14. The molecule has 4 aliphatic heterocycles. The minimum absolute atomic E-state index is 0.00381. The number of aliphatic hydroxyl groups excluding tert-OH is 1. The molecule has 5 amide bonds. The van der Waals surface area contributed by atoms with Gasteiger partial charge in [0.05, 0.1) is 40.3 Å². The number of carbonyl (C=O) groups excluding carboxylic acids is 7. The number of β-amino-alcohol motifs (C(OH)–C–C–N with tert-alkyl or cyclic N) is 1. The second-order valence-electron chi connectivity index (χ2n) is 23.5. The van der Waals surface area contributed by atoms with Crippen molar-refractivity contribution in [3.05, 3.63) is 130 Å². The van der Waals surface area contributed by atoms with Crippen molar-refractivity contribution in [3.8, 4) is 16.2 Å². The van der Waals surface area contributed by atoms with Gasteiger partial charge in [0.2, 0.25) is 29.5 Å². The van der Waals surface area contributed by atoms with Crippen LogP contribution in [0.3, 0.4) is 0 Å². The van der Waals surface area contributed by atoms with E-state index in [9.17, 15) is 53.0 Å². The van der Waals surface area contributed by atoms with Crippen molar-refractivity contribution in [2.24, 2.45) is 17.1 Å². The summed E-state index contributed by atoms with van der Waals surface area (Å²) >= 11 is 1.56. The number of carbonyl (C=O) groups is 7. The minimum atomic E-state index is -4.99. The summed E-state index contributed by atoms with van der Waals surface area (Å²) in [4.78, 5) is 122. The summed E-state index contributed by atoms with van der Waals surface area (Å²) < 4.78 is 17.9. The number of anilines is 2. The van der Waals surface area contributed by atoms with Crippen LogP contribution in [-0.4, -0.2) is 122 Å². The van der Waals surface area contributed by atoms with E-state index in [1.807, 2.05) is 83.1 Å². The number of aryl methyl sites for hydroxylation is 3. The lowest BCUT2D eigenvalue weighted by atomic mass is 9.85. The number of fused-ring (bicyclic) bond motifs is 1. The first-order chi connectivity index (χ1) is 39.4. The second-order valence-corrected chi connectivity index (χ2v) is 25.9. The highest BCUT2D eigenvalue weighted by Gasteiger charge is 2.45. The molecule has 9 N–H and O–H groups in total. The van der Waals surface area contributed by atoms with E-state index in [1.165, 1.54) is 17.0 Å². The molecule has 1 aromatic heterocycles. The molecule has 0 bridgehead atoms. The minimum Gasteiger partial charge on any atom is -0.491 e. The number of thiazole rings is 1. The van der Waals surface area contributed by atoms with Gasteiger partial charge in [-0.3, -0.25) is 38.1 Å². The van der Waals surface area contributed by atoms with Gasteiger partial charge in [0.25, 0.3) is 5.52 Å². The number of amides is 5. The van der Waals surface area contributed by atoms with Crippen molar-refractivity contribution in [1.82, 2.24) is 25.8 Å². The molecule has 0 spiro atoms. The van der Waals surface area contributed by atoms with Crippen molar-refractivity contribution in [2.75, 3.05) is 29.9 Å². The topological polar surface area (TPSA) is 300 Å². The van der Waals surface area contributed by atoms with Crippen LogP contribution in [0.4, 0.5) is 11.4 Å². The Hall–Kier alpha value is -7.29. The third-order valence-electron chi connectivity index (χ3n) is 16.2. The van der Waals surface area contributed by atoms with Gasteiger partial charge in [-0.05, 0) is 115 Å². The van der Waals surface area contributed by atoms with Gasteiger partial charge in [0, 0.05) is 68.6 Å². The molecular formula is C61H73N8O12PS. The van der Waals surface area contributed by atoms with E-state index in [0.29, 0.717) is 42.8 Å². The summed E-state index contributed by atoms with van der Waals surface area (Å²) in [5.41, 5.74) is 13.2. The largest absolute Gasteiger partial charge is 0.491 e. The molecule has 8 atom stereocenters. The molecule has 1 fully saturated rings. The lowest BCUT2D eigenvalue weighted by Gasteiger charge is -2.35. The molecule has 1 unspecified atom stereocenters. The van der Waals surface area contributed by atoms with E-state index in [4.69, 9.17) is 10.5 Å². The maximum atomic E-state index is 14.5. The Morgan fingerprint density at radius 2 is 1.61 bits per heavy atom. The Labute approximate surface area is 486 Å². The first-order valence-corrected chi connectivity index (χ1v) is 30.7. The third kappa shape index (κ3) is 14.4. The highest BCUT2D eigenvalue weighted by Crippen LogP contribution is 2.42. The number of primary amides is 1. The zero-order valence-corrected chi connectivity index (χ0v) is 49.0. The van der Waals surface area contributed by atoms with Gasteiger partial charge >= 0.3 is 7.60 Å². The molecule has 20 nitrogen and oxygen atoms in total. The number of ether oxygens (including phenoxy) is 1. The SMILES string of the molecule is Cc1ncsc1-c1ccc([C@H](C)NC(=O)[C@@H]2C[C@@H](O)CN2C(=O)[C@@H](NC(=O)CCc2cccc(OC[C@H](CCC(N)=O)NC(=O)[C@@H]3Cc4cccc5c4N3C[C@@H](CC(=O)C3Cc4cc(C(=O)P(=O)(O)O)ccc4N3)CC5)c2)C(C)(C)C)cc1. The fourth-order valence-corrected chi connectivity index (χ4v) is 13.1. The van der Waals surface area contributed by atoms with Crippen LogP contribution in [0.15, 0.2) is 90.4 Å². The predicted octanol–water partition coefficient (Wildman–Crippen LogP) is 5.86. The maximum Gasteiger partial charge on any atom is 0.396 e. The molecular weight excluding hydrogens is 1100 g/mol. The molecule has 4 aliphatic rings. The number of nitrogens with two attached hydrogens (primary N) is 1. The highest BCUT2D eigenvalue weighted by molar-refractivity contribution is 7.70. The summed E-state index contributed by atoms with van der Waals surface area (Å²) in [6, 6.07) is 21.2. The smallest absolute Gasteiger partial charge is 0.396 e. The number of Topliss-reactive ketones (excluding diaryl/α,β-unsaturated/α-hetero) is 1. The molecule has 0 aliphatic carbocycles. The number of para-hydroxylation sites is 1. The molecule has 1 saturated heterocycles. The first kappa shape index (κ1) is 60.3. The molecule has 440 valence electrons. The fourth-order valence-electron chi connectivity index (χ4n) is 11.8. The molecule has 22 heteroatoms. The van der Waals surface area contributed by atoms with Crippen LogP contribution in [-0.2, 0) is 59.0 Å². The monoisotopic (exact) mass is 1170 g/mol. The normalized spacial score (nSPS) is 20.2. The quantitative estimate of drug-likeness (QED) is 0.0377. The van der Waals surface area contributed by atoms with Gasteiger partial charge in [-0.1, -0.05) is 75.4 Å². The van der Waals surface area contributed by atoms with Crippen LogP contribution in [0.25, 0.3) is 10.4 Å². The van der Waals surface area contributed by atoms with Crippen LogP contribution in [0.2, 0.25) is 0 Å². The Morgan fingerprint density at radius 3 is 2.33 bits per heavy atom. The Bertz CT molecular complexity index is 3340. The molecule has 4 aromatic carbocycles. The van der Waals surface area contributed by atoms with Crippen LogP contribution in [0.5, 0.6) is 5.75 Å². The number of aliphatic hydroxyl groups is 1. The Kier molecular flexibility index (Phi) is 18.4. The van der Waals surface area contributed by atoms with Gasteiger partial charge in [-0.25, -0.2) is 4.98 Å². The van der Waals surface area contributed by atoms with Crippen molar-refractivity contribution in [3.63, 3.8) is 0 Å². The summed E-state index contributed by atoms with van der Waals surface area (Å²) in [5, 5.41) is 23.1. The van der Waals surface area contributed by atoms with E-state index < -0.39 is 78.6 Å². The number of ketones is 1. The summed E-state index contributed by atoms with van der Waals surface area (Å²) in [6.07, 6.45) is 1.91. The lowest BCUT2D eigenvalue weighted by Crippen LogP contribution is -2.57. The number of nitrogens with zero attached hydrogens (tertiary/aromatic N) is 3. The van der Waals surface area contributed by atoms with Gasteiger partial charge in [-0.2, -0.15) is 0 Å². The lowest BCUT2D eigenvalue weighted by molar-refractivity contribution is -0.144. The summed E-state index contributed by atoms with van der Waals surface area (Å²) in [6.45, 7) is 9.68. The Morgan fingerprint density at radius 1 is 0.880 bits per heavy atom. The van der Waals surface area contributed by atoms with Gasteiger partial charge in [0.15, 0.2) is 5.78 Å². The molecule has 83 heavy (non-hydrogen) atoms. The number of nitrogens with one attached hydrogen (secondary N) is 4. The van der Waals surface area contributed by atoms with Crippen LogP contribution in [0.1, 0.15) is 116 Å². The van der Waals surface area contributed by atoms with E-state index in [0.717, 1.165) is 44.1 Å². The predicted molar refractivity (Wildman–Crippen MR) is 314 cm³/mol. The second kappa shape index (κ2) is 25.3. The molecule has 5 aromatic rings. The number of benzene rings is 4. The van der Waals surface area contributed by atoms with Gasteiger partial charge in [-0.15, -0.1) is 11.3 Å². The van der Waals surface area contributed by atoms with Crippen LogP contribution in [0, 0.1) is 18.3 Å². The van der Waals surface area contributed by atoms with Gasteiger partial charge in [0.1, 0.15) is 30.5 Å². The molecule has 0 radical (unpaired) electrons. The zero-order valence-electron chi connectivity index (χ0n) is 47.3. The van der Waals surface area contributed by atoms with Gasteiger partial charge < -0.3 is 56.4 Å². The molecule has 5 heterocycles.